The van der Waals surface area contributed by atoms with Crippen LogP contribution in [0.25, 0.3) is 0 Å². The SMILES string of the molecule is O=S(=O)(N1CCCC1)N1CCC(Oc2ccncc2)CC1. The van der Waals surface area contributed by atoms with Gasteiger partial charge in [0.25, 0.3) is 10.2 Å². The van der Waals surface area contributed by atoms with Gasteiger partial charge in [-0.05, 0) is 37.8 Å². The smallest absolute Gasteiger partial charge is 0.281 e. The number of nitrogens with zero attached hydrogens (tertiary/aromatic N) is 3. The molecule has 0 spiro atoms. The van der Waals surface area contributed by atoms with Gasteiger partial charge >= 0.3 is 0 Å². The summed E-state index contributed by atoms with van der Waals surface area (Å²) >= 11 is 0. The molecule has 3 rings (SSSR count). The van der Waals surface area contributed by atoms with Crippen molar-refractivity contribution in [2.45, 2.75) is 31.8 Å². The van der Waals surface area contributed by atoms with Crippen molar-refractivity contribution in [3.63, 3.8) is 0 Å². The lowest BCUT2D eigenvalue weighted by atomic mass is 10.1. The van der Waals surface area contributed by atoms with E-state index in [1.807, 2.05) is 12.1 Å². The van der Waals surface area contributed by atoms with E-state index in [1.165, 1.54) is 0 Å². The third-order valence-corrected chi connectivity index (χ3v) is 6.11. The molecule has 0 N–H and O–H groups in total. The topological polar surface area (TPSA) is 62.7 Å². The van der Waals surface area contributed by atoms with E-state index in [-0.39, 0.29) is 6.10 Å². The van der Waals surface area contributed by atoms with Crippen LogP contribution in [0.4, 0.5) is 0 Å². The van der Waals surface area contributed by atoms with Crippen LogP contribution in [-0.4, -0.2) is 54.3 Å². The number of rotatable bonds is 4. The quantitative estimate of drug-likeness (QED) is 0.840. The number of ether oxygens (including phenoxy) is 1. The van der Waals surface area contributed by atoms with Gasteiger partial charge in [0.2, 0.25) is 0 Å². The first-order valence-corrected chi connectivity index (χ1v) is 8.88. The highest BCUT2D eigenvalue weighted by Crippen LogP contribution is 2.23. The van der Waals surface area contributed by atoms with E-state index in [2.05, 4.69) is 4.98 Å². The zero-order valence-corrected chi connectivity index (χ0v) is 12.8. The van der Waals surface area contributed by atoms with Crippen LogP contribution in [0, 0.1) is 0 Å². The molecule has 0 aromatic carbocycles. The molecule has 0 radical (unpaired) electrons. The van der Waals surface area contributed by atoms with Crippen LogP contribution in [0.5, 0.6) is 5.75 Å². The van der Waals surface area contributed by atoms with E-state index in [9.17, 15) is 8.42 Å². The minimum Gasteiger partial charge on any atom is -0.490 e. The first-order chi connectivity index (χ1) is 10.2. The standard InChI is InChI=1S/C14H21N3O3S/c18-21(19,16-9-1-2-10-16)17-11-5-14(6-12-17)20-13-3-7-15-8-4-13/h3-4,7-8,14H,1-2,5-6,9-12H2. The summed E-state index contributed by atoms with van der Waals surface area (Å²) in [6.07, 6.45) is 6.88. The zero-order chi connectivity index (χ0) is 14.7. The highest BCUT2D eigenvalue weighted by molar-refractivity contribution is 7.86. The fraction of sp³-hybridized carbons (Fsp3) is 0.643. The molecule has 2 aliphatic heterocycles. The van der Waals surface area contributed by atoms with E-state index >= 15 is 0 Å². The van der Waals surface area contributed by atoms with Gasteiger partial charge in [0.1, 0.15) is 11.9 Å². The molecule has 1 aromatic heterocycles. The van der Waals surface area contributed by atoms with Gasteiger partial charge in [-0.3, -0.25) is 4.98 Å². The molecule has 6 nitrogen and oxygen atoms in total. The fourth-order valence-corrected chi connectivity index (χ4v) is 4.59. The molecule has 3 heterocycles. The number of pyridine rings is 1. The third-order valence-electron chi connectivity index (χ3n) is 4.07. The predicted octanol–water partition coefficient (Wildman–Crippen LogP) is 1.27. The number of hydrogen-bond donors (Lipinski definition) is 0. The summed E-state index contributed by atoms with van der Waals surface area (Å²) in [4.78, 5) is 3.95. The highest BCUT2D eigenvalue weighted by atomic mass is 32.2. The van der Waals surface area contributed by atoms with Crippen LogP contribution in [0.2, 0.25) is 0 Å². The van der Waals surface area contributed by atoms with Crippen LogP contribution >= 0.6 is 0 Å². The minimum absolute atomic E-state index is 0.0810. The molecule has 2 saturated heterocycles. The van der Waals surface area contributed by atoms with Crippen LogP contribution in [0.3, 0.4) is 0 Å². The molecular weight excluding hydrogens is 290 g/mol. The second-order valence-corrected chi connectivity index (χ2v) is 7.44. The molecule has 0 bridgehead atoms. The Kier molecular flexibility index (Phi) is 4.42. The van der Waals surface area contributed by atoms with Crippen molar-refractivity contribution in [3.8, 4) is 5.75 Å². The Bertz CT molecular complexity index is 550. The molecule has 116 valence electrons. The van der Waals surface area contributed by atoms with Gasteiger partial charge in [-0.15, -0.1) is 0 Å². The molecular formula is C14H21N3O3S. The first kappa shape index (κ1) is 14.7. The number of piperidine rings is 1. The maximum atomic E-state index is 12.5. The molecule has 21 heavy (non-hydrogen) atoms. The lowest BCUT2D eigenvalue weighted by Gasteiger charge is -2.33. The molecule has 2 aliphatic rings. The summed E-state index contributed by atoms with van der Waals surface area (Å²) in [7, 11) is -3.26. The van der Waals surface area contributed by atoms with E-state index in [0.29, 0.717) is 26.2 Å². The van der Waals surface area contributed by atoms with E-state index in [0.717, 1.165) is 31.4 Å². The van der Waals surface area contributed by atoms with Crippen molar-refractivity contribution in [2.75, 3.05) is 26.2 Å². The minimum atomic E-state index is -3.26. The first-order valence-electron chi connectivity index (χ1n) is 7.48. The summed E-state index contributed by atoms with van der Waals surface area (Å²) in [5.74, 6) is 0.797. The Morgan fingerprint density at radius 1 is 1.00 bits per heavy atom. The summed E-state index contributed by atoms with van der Waals surface area (Å²) < 4.78 is 34.0. The molecule has 1 aromatic rings. The summed E-state index contributed by atoms with van der Waals surface area (Å²) in [5.41, 5.74) is 0. The van der Waals surface area contributed by atoms with Gasteiger partial charge in [-0.2, -0.15) is 17.0 Å². The third kappa shape index (κ3) is 3.36. The van der Waals surface area contributed by atoms with E-state index in [1.54, 1.807) is 21.0 Å². The maximum Gasteiger partial charge on any atom is 0.281 e. The van der Waals surface area contributed by atoms with Crippen LogP contribution < -0.4 is 4.74 Å². The predicted molar refractivity (Wildman–Crippen MR) is 79.2 cm³/mol. The maximum absolute atomic E-state index is 12.5. The van der Waals surface area contributed by atoms with Crippen LogP contribution in [0.1, 0.15) is 25.7 Å². The van der Waals surface area contributed by atoms with Crippen molar-refractivity contribution in [2.24, 2.45) is 0 Å². The Hall–Kier alpha value is -1.18. The molecule has 0 unspecified atom stereocenters. The van der Waals surface area contributed by atoms with E-state index < -0.39 is 10.2 Å². The monoisotopic (exact) mass is 311 g/mol. The lowest BCUT2D eigenvalue weighted by Crippen LogP contribution is -2.47. The Morgan fingerprint density at radius 3 is 2.19 bits per heavy atom. The normalized spacial score (nSPS) is 22.5. The summed E-state index contributed by atoms with van der Waals surface area (Å²) in [6, 6.07) is 3.65. The number of hydrogen-bond acceptors (Lipinski definition) is 4. The Balaban J connectivity index is 1.55. The van der Waals surface area contributed by atoms with Crippen molar-refractivity contribution in [3.05, 3.63) is 24.5 Å². The average Bonchev–Trinajstić information content (AvgIpc) is 3.04. The average molecular weight is 311 g/mol. The van der Waals surface area contributed by atoms with Gasteiger partial charge in [-0.1, -0.05) is 0 Å². The Morgan fingerprint density at radius 2 is 1.57 bits per heavy atom. The molecule has 0 saturated carbocycles. The zero-order valence-electron chi connectivity index (χ0n) is 12.0. The van der Waals surface area contributed by atoms with Crippen LogP contribution in [0.15, 0.2) is 24.5 Å². The number of aromatic nitrogens is 1. The van der Waals surface area contributed by atoms with Crippen molar-refractivity contribution >= 4 is 10.2 Å². The molecule has 0 aliphatic carbocycles. The molecule has 2 fully saturated rings. The second kappa shape index (κ2) is 6.29. The van der Waals surface area contributed by atoms with Gasteiger partial charge in [-0.25, -0.2) is 0 Å². The van der Waals surface area contributed by atoms with Crippen molar-refractivity contribution in [1.82, 2.24) is 13.6 Å². The van der Waals surface area contributed by atoms with Gasteiger partial charge < -0.3 is 4.74 Å². The largest absolute Gasteiger partial charge is 0.490 e. The lowest BCUT2D eigenvalue weighted by molar-refractivity contribution is 0.132. The van der Waals surface area contributed by atoms with Gasteiger partial charge in [0.15, 0.2) is 0 Å². The van der Waals surface area contributed by atoms with E-state index in [4.69, 9.17) is 4.74 Å². The van der Waals surface area contributed by atoms with Crippen LogP contribution in [-0.2, 0) is 10.2 Å². The van der Waals surface area contributed by atoms with Gasteiger partial charge in [0, 0.05) is 38.6 Å². The molecule has 0 atom stereocenters. The molecule has 0 amide bonds. The summed E-state index contributed by atoms with van der Waals surface area (Å²) in [6.45, 7) is 2.40. The summed E-state index contributed by atoms with van der Waals surface area (Å²) in [5, 5.41) is 0. The second-order valence-electron chi connectivity index (χ2n) is 5.51. The van der Waals surface area contributed by atoms with Gasteiger partial charge in [0.05, 0.1) is 0 Å². The van der Waals surface area contributed by atoms with Crippen molar-refractivity contribution < 1.29 is 13.2 Å². The van der Waals surface area contributed by atoms with Crippen molar-refractivity contribution in [1.29, 1.82) is 0 Å². The highest BCUT2D eigenvalue weighted by Gasteiger charge is 2.34. The molecule has 7 heteroatoms. The fourth-order valence-electron chi connectivity index (χ4n) is 2.87. The Labute approximate surface area is 125 Å².